The summed E-state index contributed by atoms with van der Waals surface area (Å²) in [7, 11) is 0. The molecule has 0 unspecified atom stereocenters. The monoisotopic (exact) mass is 683 g/mol. The van der Waals surface area contributed by atoms with Gasteiger partial charge in [0.05, 0.1) is 0 Å². The lowest BCUT2D eigenvalue weighted by Gasteiger charge is -2.27. The Morgan fingerprint density at radius 2 is 1.13 bits per heavy atom. The van der Waals surface area contributed by atoms with Crippen molar-refractivity contribution in [1.29, 1.82) is 0 Å². The summed E-state index contributed by atoms with van der Waals surface area (Å²) in [6.07, 6.45) is 0. The van der Waals surface area contributed by atoms with Gasteiger partial charge in [-0.3, -0.25) is 0 Å². The molecular weight excluding hydrogens is 651 g/mol. The number of nitrogens with zero attached hydrogens (tertiary/aromatic N) is 1. The van der Waals surface area contributed by atoms with Gasteiger partial charge >= 0.3 is 0 Å². The third kappa shape index (κ3) is 4.30. The molecule has 10 aromatic rings. The average molecular weight is 684 g/mol. The summed E-state index contributed by atoms with van der Waals surface area (Å²) in [5.74, 6) is 0. The molecule has 0 fully saturated rings. The molecule has 1 aliphatic rings. The number of thiophene rings is 1. The first-order valence-corrected chi connectivity index (χ1v) is 18.7. The van der Waals surface area contributed by atoms with Gasteiger partial charge in [-0.25, -0.2) is 0 Å². The molecule has 8 aromatic carbocycles. The third-order valence-corrected chi connectivity index (χ3v) is 12.5. The van der Waals surface area contributed by atoms with Crippen molar-refractivity contribution in [2.24, 2.45) is 0 Å². The molecule has 2 nitrogen and oxygen atoms in total. The van der Waals surface area contributed by atoms with Crippen LogP contribution in [0.4, 0.5) is 17.1 Å². The molecule has 1 aliphatic carbocycles. The van der Waals surface area contributed by atoms with Gasteiger partial charge in [-0.2, -0.15) is 0 Å². The zero-order chi connectivity index (χ0) is 34.6. The molecule has 2 heterocycles. The lowest BCUT2D eigenvalue weighted by atomic mass is 9.82. The van der Waals surface area contributed by atoms with E-state index in [1.54, 1.807) is 0 Å². The van der Waals surface area contributed by atoms with Crippen molar-refractivity contribution in [2.45, 2.75) is 19.3 Å². The first-order valence-electron chi connectivity index (χ1n) is 17.9. The van der Waals surface area contributed by atoms with Gasteiger partial charge < -0.3 is 9.32 Å². The van der Waals surface area contributed by atoms with E-state index in [2.05, 4.69) is 170 Å². The Morgan fingerprint density at radius 3 is 2.04 bits per heavy atom. The largest absolute Gasteiger partial charge is 0.456 e. The fourth-order valence-electron chi connectivity index (χ4n) is 8.63. The summed E-state index contributed by atoms with van der Waals surface area (Å²) in [4.78, 5) is 2.39. The molecular formula is C49H33NOS. The van der Waals surface area contributed by atoms with Crippen LogP contribution in [-0.4, -0.2) is 0 Å². The maximum absolute atomic E-state index is 6.24. The van der Waals surface area contributed by atoms with E-state index in [0.717, 1.165) is 39.0 Å². The van der Waals surface area contributed by atoms with E-state index in [9.17, 15) is 0 Å². The predicted molar refractivity (Wildman–Crippen MR) is 222 cm³/mol. The van der Waals surface area contributed by atoms with Crippen LogP contribution >= 0.6 is 11.3 Å². The highest BCUT2D eigenvalue weighted by molar-refractivity contribution is 7.26. The van der Waals surface area contributed by atoms with E-state index in [1.807, 2.05) is 23.5 Å². The Hall–Kier alpha value is -6.16. The molecule has 246 valence electrons. The Balaban J connectivity index is 1.05. The summed E-state index contributed by atoms with van der Waals surface area (Å²) >= 11 is 1.89. The molecule has 0 amide bonds. The van der Waals surface area contributed by atoms with Crippen LogP contribution in [0.3, 0.4) is 0 Å². The summed E-state index contributed by atoms with van der Waals surface area (Å²) in [5.41, 5.74) is 12.9. The van der Waals surface area contributed by atoms with Gasteiger partial charge in [0.25, 0.3) is 0 Å². The van der Waals surface area contributed by atoms with Gasteiger partial charge in [0, 0.05) is 53.4 Å². The maximum Gasteiger partial charge on any atom is 0.135 e. The van der Waals surface area contributed by atoms with E-state index in [1.165, 1.54) is 64.3 Å². The first kappa shape index (κ1) is 29.6. The van der Waals surface area contributed by atoms with Crippen molar-refractivity contribution in [2.75, 3.05) is 4.90 Å². The number of furan rings is 1. The smallest absolute Gasteiger partial charge is 0.135 e. The van der Waals surface area contributed by atoms with Crippen molar-refractivity contribution in [3.63, 3.8) is 0 Å². The normalized spacial score (nSPS) is 13.3. The molecule has 0 spiro atoms. The van der Waals surface area contributed by atoms with Crippen LogP contribution in [0.1, 0.15) is 25.0 Å². The highest BCUT2D eigenvalue weighted by atomic mass is 32.1. The SMILES string of the molecule is CC1(C)c2ccccc2-c2cc(N(c3ccc(-c4ccc5c(c4)sc4c6ccccc6ccc54)cc3)c3ccc4oc5ccccc5c4c3)ccc21. The molecule has 11 rings (SSSR count). The predicted octanol–water partition coefficient (Wildman–Crippen LogP) is 14.6. The number of hydrogen-bond donors (Lipinski definition) is 0. The van der Waals surface area contributed by atoms with Crippen LogP contribution in [0.2, 0.25) is 0 Å². The Bertz CT molecular complexity index is 3050. The number of para-hydroxylation sites is 1. The van der Waals surface area contributed by atoms with Crippen LogP contribution in [0.25, 0.3) is 75.1 Å². The molecule has 0 saturated carbocycles. The van der Waals surface area contributed by atoms with Crippen molar-refractivity contribution >= 4 is 81.3 Å². The number of rotatable bonds is 4. The quantitative estimate of drug-likeness (QED) is 0.184. The van der Waals surface area contributed by atoms with Gasteiger partial charge in [0.1, 0.15) is 11.2 Å². The van der Waals surface area contributed by atoms with Crippen LogP contribution in [0.5, 0.6) is 0 Å². The van der Waals surface area contributed by atoms with E-state index in [0.29, 0.717) is 0 Å². The second-order valence-corrected chi connectivity index (χ2v) is 15.6. The van der Waals surface area contributed by atoms with Crippen molar-refractivity contribution in [1.82, 2.24) is 0 Å². The molecule has 52 heavy (non-hydrogen) atoms. The highest BCUT2D eigenvalue weighted by Crippen LogP contribution is 2.51. The van der Waals surface area contributed by atoms with Crippen molar-refractivity contribution in [3.05, 3.63) is 175 Å². The summed E-state index contributed by atoms with van der Waals surface area (Å²) < 4.78 is 8.92. The van der Waals surface area contributed by atoms with E-state index >= 15 is 0 Å². The minimum atomic E-state index is -0.0475. The van der Waals surface area contributed by atoms with E-state index in [-0.39, 0.29) is 5.41 Å². The van der Waals surface area contributed by atoms with Gasteiger partial charge in [0.15, 0.2) is 0 Å². The number of benzene rings is 8. The number of hydrogen-bond acceptors (Lipinski definition) is 3. The van der Waals surface area contributed by atoms with Gasteiger partial charge in [-0.15, -0.1) is 11.3 Å². The van der Waals surface area contributed by atoms with Crippen molar-refractivity contribution < 1.29 is 4.42 Å². The Morgan fingerprint density at radius 1 is 0.462 bits per heavy atom. The molecule has 0 saturated heterocycles. The maximum atomic E-state index is 6.24. The Kier molecular flexibility index (Phi) is 6.21. The number of anilines is 3. The minimum Gasteiger partial charge on any atom is -0.456 e. The number of fused-ring (bicyclic) bond motifs is 11. The summed E-state index contributed by atoms with van der Waals surface area (Å²) in [6, 6.07) is 60.0. The van der Waals surface area contributed by atoms with Crippen LogP contribution in [0, 0.1) is 0 Å². The fraction of sp³-hybridized carbons (Fsp3) is 0.0612. The van der Waals surface area contributed by atoms with E-state index < -0.39 is 0 Å². The standard InChI is InChI=1S/C49H33NOS/c1-49(2)43-13-7-5-11-37(43)41-28-34(21-25-44(41)49)50(35-22-26-46-42(29-35)38-12-6-8-14-45(38)51-46)33-19-15-30(16-20-33)32-18-23-39-40-24-17-31-9-3-4-10-36(31)48(40)52-47(39)27-32/h3-29H,1-2H3. The van der Waals surface area contributed by atoms with Crippen LogP contribution in [0.15, 0.2) is 168 Å². The van der Waals surface area contributed by atoms with Gasteiger partial charge in [-0.05, 0) is 98.8 Å². The second kappa shape index (κ2) is 10.9. The molecule has 3 heteroatoms. The van der Waals surface area contributed by atoms with Gasteiger partial charge in [0.2, 0.25) is 0 Å². The van der Waals surface area contributed by atoms with Crippen LogP contribution in [-0.2, 0) is 5.41 Å². The molecule has 0 atom stereocenters. The molecule has 2 aromatic heterocycles. The molecule has 0 radical (unpaired) electrons. The summed E-state index contributed by atoms with van der Waals surface area (Å²) in [6.45, 7) is 4.67. The zero-order valence-electron chi connectivity index (χ0n) is 28.9. The molecule has 0 bridgehead atoms. The first-order chi connectivity index (χ1) is 25.5. The van der Waals surface area contributed by atoms with Gasteiger partial charge in [-0.1, -0.05) is 123 Å². The molecule has 0 aliphatic heterocycles. The topological polar surface area (TPSA) is 16.4 Å². The lowest BCUT2D eigenvalue weighted by molar-refractivity contribution is 0.660. The lowest BCUT2D eigenvalue weighted by Crippen LogP contribution is -2.15. The van der Waals surface area contributed by atoms with E-state index in [4.69, 9.17) is 4.42 Å². The fourth-order valence-corrected chi connectivity index (χ4v) is 9.91. The zero-order valence-corrected chi connectivity index (χ0v) is 29.7. The Labute approximate surface area is 305 Å². The van der Waals surface area contributed by atoms with Crippen LogP contribution < -0.4 is 4.90 Å². The minimum absolute atomic E-state index is 0.0475. The van der Waals surface area contributed by atoms with Crippen molar-refractivity contribution in [3.8, 4) is 22.3 Å². The second-order valence-electron chi connectivity index (χ2n) is 14.5. The highest BCUT2D eigenvalue weighted by Gasteiger charge is 2.35. The third-order valence-electron chi connectivity index (χ3n) is 11.3. The average Bonchev–Trinajstić information content (AvgIpc) is 3.83. The summed E-state index contributed by atoms with van der Waals surface area (Å²) in [5, 5.41) is 7.51. The molecule has 0 N–H and O–H groups in total.